The fraction of sp³-hybridized carbons (Fsp3) is 1.00. The second kappa shape index (κ2) is 2.77. The molecule has 0 aromatic heterocycles. The van der Waals surface area contributed by atoms with Crippen LogP contribution in [-0.4, -0.2) is 0 Å². The van der Waals surface area contributed by atoms with Crippen LogP contribution in [0.4, 0.5) is 0 Å². The summed E-state index contributed by atoms with van der Waals surface area (Å²) in [7, 11) is 0. The molecule has 0 N–H and O–H groups in total. The number of hydrogen-bond acceptors (Lipinski definition) is 0. The van der Waals surface area contributed by atoms with Crippen molar-refractivity contribution in [3.8, 4) is 0 Å². The molecule has 4 aliphatic carbocycles. The maximum absolute atomic E-state index is 2.58. The Balaban J connectivity index is 1.89. The molecule has 0 aliphatic heterocycles. The predicted molar refractivity (Wildman–Crippen MR) is 60.1 cm³/mol. The van der Waals surface area contributed by atoms with Crippen LogP contribution < -0.4 is 0 Å². The lowest BCUT2D eigenvalue weighted by molar-refractivity contribution is -0.105. The molecule has 0 heterocycles. The van der Waals surface area contributed by atoms with Crippen molar-refractivity contribution in [2.45, 2.75) is 65.2 Å². The van der Waals surface area contributed by atoms with E-state index in [9.17, 15) is 0 Å². The Bertz CT molecular complexity index is 226. The summed E-state index contributed by atoms with van der Waals surface area (Å²) in [4.78, 5) is 0. The molecule has 0 saturated heterocycles. The lowest BCUT2D eigenvalue weighted by Crippen LogP contribution is -2.50. The van der Waals surface area contributed by atoms with E-state index >= 15 is 0 Å². The van der Waals surface area contributed by atoms with Gasteiger partial charge < -0.3 is 0 Å². The van der Waals surface area contributed by atoms with E-state index in [1.54, 1.807) is 38.5 Å². The van der Waals surface area contributed by atoms with Crippen molar-refractivity contribution < 1.29 is 0 Å². The van der Waals surface area contributed by atoms with Crippen molar-refractivity contribution in [1.29, 1.82) is 0 Å². The molecular formula is C14H24. The topological polar surface area (TPSA) is 0 Å². The predicted octanol–water partition coefficient (Wildman–Crippen LogP) is 4.39. The molecule has 4 rings (SSSR count). The molecule has 80 valence electrons. The van der Waals surface area contributed by atoms with Gasteiger partial charge in [-0.25, -0.2) is 0 Å². The third-order valence-electron chi connectivity index (χ3n) is 5.26. The minimum atomic E-state index is 0.763. The van der Waals surface area contributed by atoms with Gasteiger partial charge in [0.2, 0.25) is 0 Å². The van der Waals surface area contributed by atoms with Crippen molar-refractivity contribution in [3.63, 3.8) is 0 Å². The fourth-order valence-corrected chi connectivity index (χ4v) is 5.75. The molecule has 4 bridgehead atoms. The highest BCUT2D eigenvalue weighted by molar-refractivity contribution is 5.05. The van der Waals surface area contributed by atoms with E-state index in [-0.39, 0.29) is 0 Å². The first-order valence-electron chi connectivity index (χ1n) is 6.63. The van der Waals surface area contributed by atoms with Crippen molar-refractivity contribution in [1.82, 2.24) is 0 Å². The maximum atomic E-state index is 2.58. The van der Waals surface area contributed by atoms with Crippen LogP contribution in [0.25, 0.3) is 0 Å². The Kier molecular flexibility index (Phi) is 1.83. The average Bonchev–Trinajstić information content (AvgIpc) is 1.97. The molecule has 14 heavy (non-hydrogen) atoms. The van der Waals surface area contributed by atoms with E-state index in [0.29, 0.717) is 0 Å². The van der Waals surface area contributed by atoms with E-state index in [1.807, 2.05) is 0 Å². The fourth-order valence-electron chi connectivity index (χ4n) is 5.75. The van der Waals surface area contributed by atoms with Crippen LogP contribution in [0.1, 0.15) is 65.2 Å². The highest BCUT2D eigenvalue weighted by atomic mass is 14.6. The largest absolute Gasteiger partial charge is 0.0654 e. The van der Waals surface area contributed by atoms with Gasteiger partial charge in [0, 0.05) is 0 Å². The summed E-state index contributed by atoms with van der Waals surface area (Å²) in [5.74, 6) is 2.24. The quantitative estimate of drug-likeness (QED) is 0.608. The molecule has 0 nitrogen and oxygen atoms in total. The van der Waals surface area contributed by atoms with Crippen LogP contribution in [0.3, 0.4) is 0 Å². The molecule has 0 heteroatoms. The average molecular weight is 192 g/mol. The SMILES string of the molecule is CCCC12CC3CC(CC(C)(C3)C1)C2. The van der Waals surface area contributed by atoms with E-state index in [1.165, 1.54) is 12.8 Å². The van der Waals surface area contributed by atoms with Crippen molar-refractivity contribution in [2.24, 2.45) is 22.7 Å². The summed E-state index contributed by atoms with van der Waals surface area (Å²) < 4.78 is 0. The van der Waals surface area contributed by atoms with E-state index in [2.05, 4.69) is 13.8 Å². The zero-order valence-corrected chi connectivity index (χ0v) is 9.81. The van der Waals surface area contributed by atoms with Crippen LogP contribution in [0.15, 0.2) is 0 Å². The first-order chi connectivity index (χ1) is 6.63. The minimum absolute atomic E-state index is 0.763. The van der Waals surface area contributed by atoms with Gasteiger partial charge >= 0.3 is 0 Å². The Morgan fingerprint density at radius 2 is 1.71 bits per heavy atom. The van der Waals surface area contributed by atoms with Gasteiger partial charge in [0.05, 0.1) is 0 Å². The lowest BCUT2D eigenvalue weighted by atomic mass is 9.44. The number of rotatable bonds is 2. The summed E-state index contributed by atoms with van der Waals surface area (Å²) in [6.45, 7) is 4.95. The van der Waals surface area contributed by atoms with Gasteiger partial charge in [-0.1, -0.05) is 20.3 Å². The van der Waals surface area contributed by atoms with Gasteiger partial charge in [-0.2, -0.15) is 0 Å². The first-order valence-corrected chi connectivity index (χ1v) is 6.63. The summed E-state index contributed by atoms with van der Waals surface area (Å²) in [5.41, 5.74) is 1.58. The van der Waals surface area contributed by atoms with Crippen molar-refractivity contribution in [2.75, 3.05) is 0 Å². The molecule has 0 amide bonds. The minimum Gasteiger partial charge on any atom is -0.0654 e. The normalized spacial score (nSPS) is 55.3. The van der Waals surface area contributed by atoms with E-state index in [0.717, 1.165) is 22.7 Å². The molecule has 0 spiro atoms. The highest BCUT2D eigenvalue weighted by Gasteiger charge is 2.54. The molecule has 0 aromatic rings. The van der Waals surface area contributed by atoms with Crippen LogP contribution in [0.2, 0.25) is 0 Å². The standard InChI is InChI=1S/C14H24/c1-3-4-14-8-11-5-12(9-14)7-13(2,6-11)10-14/h11-12H,3-10H2,1-2H3. The van der Waals surface area contributed by atoms with Gasteiger partial charge in [-0.3, -0.25) is 0 Å². The molecule has 4 aliphatic rings. The van der Waals surface area contributed by atoms with Gasteiger partial charge in [0.25, 0.3) is 0 Å². The van der Waals surface area contributed by atoms with Gasteiger partial charge in [-0.15, -0.1) is 0 Å². The van der Waals surface area contributed by atoms with Crippen LogP contribution in [0.5, 0.6) is 0 Å². The third kappa shape index (κ3) is 1.26. The molecule has 4 saturated carbocycles. The second-order valence-corrected chi connectivity index (χ2v) is 7.02. The molecule has 0 aromatic carbocycles. The van der Waals surface area contributed by atoms with Crippen LogP contribution in [-0.2, 0) is 0 Å². The van der Waals surface area contributed by atoms with Crippen LogP contribution >= 0.6 is 0 Å². The van der Waals surface area contributed by atoms with Gasteiger partial charge in [-0.05, 0) is 67.6 Å². The Hall–Kier alpha value is 0. The molecule has 2 atom stereocenters. The monoisotopic (exact) mass is 192 g/mol. The molecule has 4 fully saturated rings. The van der Waals surface area contributed by atoms with E-state index in [4.69, 9.17) is 0 Å². The molecular weight excluding hydrogens is 168 g/mol. The third-order valence-corrected chi connectivity index (χ3v) is 5.26. The Morgan fingerprint density at radius 1 is 1.07 bits per heavy atom. The van der Waals surface area contributed by atoms with Gasteiger partial charge in [0.15, 0.2) is 0 Å². The maximum Gasteiger partial charge on any atom is -0.0287 e. The second-order valence-electron chi connectivity index (χ2n) is 7.02. The molecule has 2 unspecified atom stereocenters. The first kappa shape index (κ1) is 9.24. The van der Waals surface area contributed by atoms with Crippen molar-refractivity contribution >= 4 is 0 Å². The smallest absolute Gasteiger partial charge is 0.0287 e. The summed E-state index contributed by atoms with van der Waals surface area (Å²) in [6.07, 6.45) is 12.4. The zero-order chi connectivity index (χ0) is 9.81. The molecule has 0 radical (unpaired) electrons. The Morgan fingerprint density at radius 3 is 2.21 bits per heavy atom. The Labute approximate surface area is 88.5 Å². The summed E-state index contributed by atoms with van der Waals surface area (Å²) in [6, 6.07) is 0. The zero-order valence-electron chi connectivity index (χ0n) is 9.81. The summed E-state index contributed by atoms with van der Waals surface area (Å²) in [5, 5.41) is 0. The van der Waals surface area contributed by atoms with Crippen molar-refractivity contribution in [3.05, 3.63) is 0 Å². The van der Waals surface area contributed by atoms with Crippen LogP contribution in [0, 0.1) is 22.7 Å². The highest BCUT2D eigenvalue weighted by Crippen LogP contribution is 2.66. The lowest BCUT2D eigenvalue weighted by Gasteiger charge is -2.61. The number of hydrogen-bond donors (Lipinski definition) is 0. The van der Waals surface area contributed by atoms with Gasteiger partial charge in [0.1, 0.15) is 0 Å². The summed E-state index contributed by atoms with van der Waals surface area (Å²) >= 11 is 0. The van der Waals surface area contributed by atoms with E-state index < -0.39 is 0 Å².